The standard InChI is InChI=1S/C20H24S4/c1-15-5-9-17(10-6-15)19(21-3)20(22-4,24-14-13-23-19)18-11-7-16(2)8-12-18/h5-12H,13-14H2,1-4H3/t19-,20+. The third-order valence-corrected chi connectivity index (χ3v) is 12.0. The Morgan fingerprint density at radius 3 is 1.29 bits per heavy atom. The monoisotopic (exact) mass is 392 g/mol. The highest BCUT2D eigenvalue weighted by Gasteiger charge is 2.56. The van der Waals surface area contributed by atoms with Crippen LogP contribution in [-0.4, -0.2) is 24.0 Å². The lowest BCUT2D eigenvalue weighted by atomic mass is 10.00. The molecule has 3 rings (SSSR count). The normalized spacial score (nSPS) is 27.2. The van der Waals surface area contributed by atoms with Gasteiger partial charge in [0.25, 0.3) is 0 Å². The maximum absolute atomic E-state index is 2.34. The zero-order valence-electron chi connectivity index (χ0n) is 14.7. The predicted octanol–water partition coefficient (Wildman–Crippen LogP) is 6.52. The van der Waals surface area contributed by atoms with Gasteiger partial charge in [0, 0.05) is 11.5 Å². The van der Waals surface area contributed by atoms with Crippen LogP contribution in [0.3, 0.4) is 0 Å². The first-order valence-corrected chi connectivity index (χ1v) is 12.5. The van der Waals surface area contributed by atoms with Crippen LogP contribution in [0.2, 0.25) is 0 Å². The van der Waals surface area contributed by atoms with Crippen LogP contribution in [0.15, 0.2) is 48.5 Å². The number of hydrogen-bond donors (Lipinski definition) is 0. The molecule has 0 nitrogen and oxygen atoms in total. The van der Waals surface area contributed by atoms with Crippen LogP contribution >= 0.6 is 47.0 Å². The molecule has 1 aliphatic rings. The van der Waals surface area contributed by atoms with E-state index < -0.39 is 0 Å². The van der Waals surface area contributed by atoms with Gasteiger partial charge in [-0.15, -0.1) is 47.0 Å². The van der Waals surface area contributed by atoms with E-state index in [9.17, 15) is 0 Å². The molecule has 1 aliphatic heterocycles. The Balaban J connectivity index is 2.19. The van der Waals surface area contributed by atoms with Crippen molar-refractivity contribution in [2.45, 2.75) is 22.0 Å². The molecule has 128 valence electrons. The van der Waals surface area contributed by atoms with Gasteiger partial charge in [-0.3, -0.25) is 0 Å². The third-order valence-electron chi connectivity index (χ3n) is 4.57. The van der Waals surface area contributed by atoms with Crippen molar-refractivity contribution in [3.8, 4) is 0 Å². The van der Waals surface area contributed by atoms with Gasteiger partial charge in [-0.1, -0.05) is 59.7 Å². The van der Waals surface area contributed by atoms with Crippen molar-refractivity contribution in [2.75, 3.05) is 24.0 Å². The number of hydrogen-bond acceptors (Lipinski definition) is 4. The van der Waals surface area contributed by atoms with E-state index in [0.29, 0.717) is 0 Å². The quantitative estimate of drug-likeness (QED) is 0.581. The maximum atomic E-state index is 2.34. The van der Waals surface area contributed by atoms with Gasteiger partial charge in [-0.2, -0.15) is 0 Å². The Labute approximate surface area is 163 Å². The Kier molecular flexibility index (Phi) is 5.90. The minimum Gasteiger partial charge on any atom is -0.140 e. The summed E-state index contributed by atoms with van der Waals surface area (Å²) in [4.78, 5) is 0. The zero-order valence-corrected chi connectivity index (χ0v) is 17.9. The van der Waals surface area contributed by atoms with E-state index in [2.05, 4.69) is 98.4 Å². The highest BCUT2D eigenvalue weighted by molar-refractivity contribution is 8.25. The summed E-state index contributed by atoms with van der Waals surface area (Å²) in [5, 5.41) is 0. The van der Waals surface area contributed by atoms with E-state index >= 15 is 0 Å². The molecular formula is C20H24S4. The molecule has 0 amide bonds. The number of rotatable bonds is 4. The van der Waals surface area contributed by atoms with Gasteiger partial charge < -0.3 is 0 Å². The fourth-order valence-electron chi connectivity index (χ4n) is 3.28. The molecule has 0 aromatic heterocycles. The molecule has 4 heteroatoms. The third kappa shape index (κ3) is 3.04. The van der Waals surface area contributed by atoms with Crippen molar-refractivity contribution in [1.29, 1.82) is 0 Å². The van der Waals surface area contributed by atoms with E-state index in [0.717, 1.165) is 0 Å². The highest BCUT2D eigenvalue weighted by Crippen LogP contribution is 2.69. The lowest BCUT2D eigenvalue weighted by Crippen LogP contribution is -2.43. The van der Waals surface area contributed by atoms with Crippen molar-refractivity contribution in [1.82, 2.24) is 0 Å². The molecule has 0 saturated carbocycles. The van der Waals surface area contributed by atoms with Gasteiger partial charge in [0.1, 0.15) is 8.16 Å². The fourth-order valence-corrected chi connectivity index (χ4v) is 10.4. The average molecular weight is 393 g/mol. The first-order chi connectivity index (χ1) is 11.6. The molecule has 1 fully saturated rings. The van der Waals surface area contributed by atoms with Gasteiger partial charge in [-0.05, 0) is 37.5 Å². The Morgan fingerprint density at radius 1 is 0.667 bits per heavy atom. The molecule has 1 saturated heterocycles. The smallest absolute Gasteiger partial charge is 0.114 e. The SMILES string of the molecule is CS[C@@]1(c2ccc(C)cc2)SCCS[C@]1(SC)c1ccc(C)cc1. The van der Waals surface area contributed by atoms with Crippen LogP contribution in [0.1, 0.15) is 22.3 Å². The lowest BCUT2D eigenvalue weighted by Gasteiger charge is -2.51. The average Bonchev–Trinajstić information content (AvgIpc) is 2.62. The molecular weight excluding hydrogens is 368 g/mol. The van der Waals surface area contributed by atoms with Gasteiger partial charge in [0.05, 0.1) is 0 Å². The van der Waals surface area contributed by atoms with E-state index in [-0.39, 0.29) is 8.16 Å². The van der Waals surface area contributed by atoms with E-state index in [1.165, 1.54) is 33.8 Å². The van der Waals surface area contributed by atoms with E-state index in [4.69, 9.17) is 0 Å². The summed E-state index contributed by atoms with van der Waals surface area (Å²) in [6.45, 7) is 4.33. The molecule has 0 spiro atoms. The minimum atomic E-state index is 0.0261. The second kappa shape index (κ2) is 7.61. The number of aryl methyl sites for hydroxylation is 2. The first kappa shape index (κ1) is 18.6. The molecule has 2 atom stereocenters. The van der Waals surface area contributed by atoms with Crippen molar-refractivity contribution in [2.24, 2.45) is 0 Å². The summed E-state index contributed by atoms with van der Waals surface area (Å²) in [6.07, 6.45) is 4.55. The van der Waals surface area contributed by atoms with Crippen LogP contribution in [0.25, 0.3) is 0 Å². The fraction of sp³-hybridized carbons (Fsp3) is 0.400. The second-order valence-electron chi connectivity index (χ2n) is 6.07. The largest absolute Gasteiger partial charge is 0.140 e. The highest BCUT2D eigenvalue weighted by atomic mass is 32.2. The van der Waals surface area contributed by atoms with Crippen LogP contribution in [-0.2, 0) is 8.16 Å². The van der Waals surface area contributed by atoms with Crippen molar-refractivity contribution >= 4 is 47.0 Å². The van der Waals surface area contributed by atoms with Gasteiger partial charge in [0.2, 0.25) is 0 Å². The second-order valence-corrected chi connectivity index (χ2v) is 11.2. The van der Waals surface area contributed by atoms with Crippen molar-refractivity contribution in [3.63, 3.8) is 0 Å². The summed E-state index contributed by atoms with van der Waals surface area (Å²) in [7, 11) is 0. The Morgan fingerprint density at radius 2 is 1.00 bits per heavy atom. The molecule has 0 bridgehead atoms. The molecule has 2 aromatic rings. The molecule has 0 radical (unpaired) electrons. The summed E-state index contributed by atoms with van der Waals surface area (Å²) in [5.41, 5.74) is 5.53. The summed E-state index contributed by atoms with van der Waals surface area (Å²) in [6, 6.07) is 18.4. The van der Waals surface area contributed by atoms with Gasteiger partial charge in [0.15, 0.2) is 0 Å². The Bertz CT molecular complexity index is 618. The van der Waals surface area contributed by atoms with Crippen LogP contribution in [0.4, 0.5) is 0 Å². The van der Waals surface area contributed by atoms with Crippen LogP contribution in [0, 0.1) is 13.8 Å². The topological polar surface area (TPSA) is 0 Å². The van der Waals surface area contributed by atoms with Crippen LogP contribution < -0.4 is 0 Å². The predicted molar refractivity (Wildman–Crippen MR) is 118 cm³/mol. The first-order valence-electron chi connectivity index (χ1n) is 8.10. The molecule has 1 heterocycles. The van der Waals surface area contributed by atoms with Crippen molar-refractivity contribution < 1.29 is 0 Å². The van der Waals surface area contributed by atoms with Crippen LogP contribution in [0.5, 0.6) is 0 Å². The molecule has 24 heavy (non-hydrogen) atoms. The summed E-state index contributed by atoms with van der Waals surface area (Å²) >= 11 is 8.25. The molecule has 0 N–H and O–H groups in total. The maximum Gasteiger partial charge on any atom is 0.114 e. The summed E-state index contributed by atoms with van der Waals surface area (Å²) in [5.74, 6) is 2.40. The molecule has 0 unspecified atom stereocenters. The van der Waals surface area contributed by atoms with E-state index in [1.807, 2.05) is 23.5 Å². The number of benzene rings is 2. The lowest BCUT2D eigenvalue weighted by molar-refractivity contribution is 0.778. The number of thioether (sulfide) groups is 4. The summed E-state index contributed by atoms with van der Waals surface area (Å²) < 4.78 is 0.0522. The molecule has 0 aliphatic carbocycles. The zero-order chi connectivity index (χ0) is 17.2. The van der Waals surface area contributed by atoms with Crippen molar-refractivity contribution in [3.05, 3.63) is 70.8 Å². The van der Waals surface area contributed by atoms with E-state index in [1.54, 1.807) is 0 Å². The minimum absolute atomic E-state index is 0.0261. The Hall–Kier alpha value is -0.160. The molecule has 2 aromatic carbocycles. The van der Waals surface area contributed by atoms with Gasteiger partial charge >= 0.3 is 0 Å². The van der Waals surface area contributed by atoms with Gasteiger partial charge in [-0.25, -0.2) is 0 Å².